The second kappa shape index (κ2) is 4.31. The van der Waals surface area contributed by atoms with Crippen LogP contribution in [0.15, 0.2) is 24.3 Å². The van der Waals surface area contributed by atoms with Gasteiger partial charge in [0.1, 0.15) is 0 Å². The zero-order chi connectivity index (χ0) is 11.5. The van der Waals surface area contributed by atoms with Crippen molar-refractivity contribution in [3.8, 4) is 0 Å². The van der Waals surface area contributed by atoms with Crippen molar-refractivity contribution >= 4 is 11.6 Å². The molecule has 0 aromatic heterocycles. The van der Waals surface area contributed by atoms with Gasteiger partial charge in [0.05, 0.1) is 5.54 Å². The van der Waals surface area contributed by atoms with E-state index in [-0.39, 0.29) is 5.91 Å². The van der Waals surface area contributed by atoms with E-state index in [0.717, 1.165) is 5.56 Å². The summed E-state index contributed by atoms with van der Waals surface area (Å²) in [7, 11) is 0. The highest BCUT2D eigenvalue weighted by atomic mass is 16.2. The van der Waals surface area contributed by atoms with Gasteiger partial charge >= 0.3 is 0 Å². The molecule has 4 heteroatoms. The molecule has 0 aliphatic rings. The molecule has 0 unspecified atom stereocenters. The van der Waals surface area contributed by atoms with Crippen molar-refractivity contribution in [1.29, 1.82) is 0 Å². The summed E-state index contributed by atoms with van der Waals surface area (Å²) in [6.45, 7) is 3.74. The summed E-state index contributed by atoms with van der Waals surface area (Å²) in [5, 5.41) is 2.74. The van der Waals surface area contributed by atoms with Crippen LogP contribution in [0.25, 0.3) is 0 Å². The number of amides is 1. The van der Waals surface area contributed by atoms with E-state index in [9.17, 15) is 4.79 Å². The molecule has 0 saturated carbocycles. The molecule has 0 atom stereocenters. The van der Waals surface area contributed by atoms with Crippen LogP contribution in [-0.2, 0) is 11.3 Å². The van der Waals surface area contributed by atoms with Gasteiger partial charge in [-0.25, -0.2) is 0 Å². The van der Waals surface area contributed by atoms with Crippen LogP contribution in [0.2, 0.25) is 0 Å². The van der Waals surface area contributed by atoms with Crippen molar-refractivity contribution in [2.24, 2.45) is 5.73 Å². The molecule has 1 amide bonds. The lowest BCUT2D eigenvalue weighted by atomic mass is 10.1. The van der Waals surface area contributed by atoms with Crippen LogP contribution in [0.3, 0.4) is 0 Å². The maximum absolute atomic E-state index is 11.5. The SMILES string of the molecule is CC(C)(N)C(=O)NCc1ccccc1N. The lowest BCUT2D eigenvalue weighted by Crippen LogP contribution is -2.48. The van der Waals surface area contributed by atoms with Gasteiger partial charge in [-0.2, -0.15) is 0 Å². The number of para-hydroxylation sites is 1. The third-order valence-corrected chi connectivity index (χ3v) is 2.08. The standard InChI is InChI=1S/C11H17N3O/c1-11(2,13)10(15)14-7-8-5-3-4-6-9(8)12/h3-6H,7,12-13H2,1-2H3,(H,14,15). The molecule has 0 aliphatic heterocycles. The highest BCUT2D eigenvalue weighted by Crippen LogP contribution is 2.10. The molecule has 0 aliphatic carbocycles. The first-order valence-electron chi connectivity index (χ1n) is 4.82. The van der Waals surface area contributed by atoms with Crippen LogP contribution in [0.5, 0.6) is 0 Å². The van der Waals surface area contributed by atoms with E-state index in [1.807, 2.05) is 18.2 Å². The van der Waals surface area contributed by atoms with Crippen LogP contribution in [0.4, 0.5) is 5.69 Å². The highest BCUT2D eigenvalue weighted by Gasteiger charge is 2.21. The molecule has 0 bridgehead atoms. The Morgan fingerprint density at radius 3 is 2.53 bits per heavy atom. The van der Waals surface area contributed by atoms with Crippen molar-refractivity contribution in [1.82, 2.24) is 5.32 Å². The largest absolute Gasteiger partial charge is 0.398 e. The summed E-state index contributed by atoms with van der Waals surface area (Å²) in [6, 6.07) is 7.41. The van der Waals surface area contributed by atoms with Gasteiger partial charge in [-0.05, 0) is 25.5 Å². The summed E-state index contributed by atoms with van der Waals surface area (Å²) in [6.07, 6.45) is 0. The fourth-order valence-corrected chi connectivity index (χ4v) is 1.10. The lowest BCUT2D eigenvalue weighted by molar-refractivity contribution is -0.125. The number of anilines is 1. The number of rotatable bonds is 3. The molecule has 0 heterocycles. The minimum Gasteiger partial charge on any atom is -0.398 e. The first-order valence-corrected chi connectivity index (χ1v) is 4.82. The number of hydrogen-bond donors (Lipinski definition) is 3. The van der Waals surface area contributed by atoms with Crippen LogP contribution >= 0.6 is 0 Å². The molecule has 15 heavy (non-hydrogen) atoms. The maximum atomic E-state index is 11.5. The Hall–Kier alpha value is -1.55. The molecule has 0 radical (unpaired) electrons. The van der Waals surface area contributed by atoms with Gasteiger partial charge in [-0.3, -0.25) is 4.79 Å². The molecule has 1 aromatic carbocycles. The quantitative estimate of drug-likeness (QED) is 0.636. The third-order valence-electron chi connectivity index (χ3n) is 2.08. The maximum Gasteiger partial charge on any atom is 0.239 e. The summed E-state index contributed by atoms with van der Waals surface area (Å²) in [4.78, 5) is 11.5. The molecule has 4 nitrogen and oxygen atoms in total. The molecular formula is C11H17N3O. The van der Waals surface area contributed by atoms with Crippen molar-refractivity contribution in [2.45, 2.75) is 25.9 Å². The molecule has 5 N–H and O–H groups in total. The van der Waals surface area contributed by atoms with Crippen LogP contribution in [-0.4, -0.2) is 11.4 Å². The van der Waals surface area contributed by atoms with Gasteiger partial charge in [0.25, 0.3) is 0 Å². The molecule has 82 valence electrons. The number of hydrogen-bond acceptors (Lipinski definition) is 3. The zero-order valence-electron chi connectivity index (χ0n) is 9.08. The Morgan fingerprint density at radius 2 is 2.00 bits per heavy atom. The van der Waals surface area contributed by atoms with Gasteiger partial charge in [0.15, 0.2) is 0 Å². The summed E-state index contributed by atoms with van der Waals surface area (Å²) >= 11 is 0. The molecule has 1 aromatic rings. The topological polar surface area (TPSA) is 81.1 Å². The first-order chi connectivity index (χ1) is 6.91. The molecular weight excluding hydrogens is 190 g/mol. The van der Waals surface area contributed by atoms with Gasteiger partial charge in [-0.15, -0.1) is 0 Å². The van der Waals surface area contributed by atoms with Crippen LogP contribution < -0.4 is 16.8 Å². The Bertz CT molecular complexity index is 355. The van der Waals surface area contributed by atoms with Crippen molar-refractivity contribution in [2.75, 3.05) is 5.73 Å². The Balaban J connectivity index is 2.59. The summed E-state index contributed by atoms with van der Waals surface area (Å²) in [5.41, 5.74) is 12.1. The fourth-order valence-electron chi connectivity index (χ4n) is 1.10. The number of carbonyl (C=O) groups excluding carboxylic acids is 1. The van der Waals surface area contributed by atoms with E-state index in [1.165, 1.54) is 0 Å². The van der Waals surface area contributed by atoms with Gasteiger partial charge in [0, 0.05) is 12.2 Å². The van der Waals surface area contributed by atoms with Crippen molar-refractivity contribution < 1.29 is 4.79 Å². The average Bonchev–Trinajstić information content (AvgIpc) is 2.14. The Morgan fingerprint density at radius 1 is 1.40 bits per heavy atom. The Labute approximate surface area is 89.6 Å². The minimum atomic E-state index is -0.858. The second-order valence-electron chi connectivity index (χ2n) is 4.10. The Kier molecular flexibility index (Phi) is 3.31. The number of nitrogen functional groups attached to an aromatic ring is 1. The normalized spacial score (nSPS) is 11.1. The molecule has 0 saturated heterocycles. The van der Waals surface area contributed by atoms with Gasteiger partial charge in [0.2, 0.25) is 5.91 Å². The lowest BCUT2D eigenvalue weighted by Gasteiger charge is -2.18. The van der Waals surface area contributed by atoms with Crippen molar-refractivity contribution in [3.63, 3.8) is 0 Å². The number of carbonyl (C=O) groups is 1. The van der Waals surface area contributed by atoms with Crippen molar-refractivity contribution in [3.05, 3.63) is 29.8 Å². The van der Waals surface area contributed by atoms with Gasteiger partial charge in [-0.1, -0.05) is 18.2 Å². The highest BCUT2D eigenvalue weighted by molar-refractivity contribution is 5.85. The van der Waals surface area contributed by atoms with Crippen LogP contribution in [0.1, 0.15) is 19.4 Å². The number of nitrogens with one attached hydrogen (secondary N) is 1. The van der Waals surface area contributed by atoms with E-state index in [2.05, 4.69) is 5.32 Å². The first kappa shape index (κ1) is 11.5. The van der Waals surface area contributed by atoms with E-state index in [4.69, 9.17) is 11.5 Å². The molecule has 0 fully saturated rings. The molecule has 1 rings (SSSR count). The predicted molar refractivity (Wildman–Crippen MR) is 61.0 cm³/mol. The van der Waals surface area contributed by atoms with E-state index in [1.54, 1.807) is 19.9 Å². The minimum absolute atomic E-state index is 0.189. The zero-order valence-corrected chi connectivity index (χ0v) is 9.08. The number of benzene rings is 1. The predicted octanol–water partition coefficient (Wildman–Crippen LogP) is 0.622. The fraction of sp³-hybridized carbons (Fsp3) is 0.364. The summed E-state index contributed by atoms with van der Waals surface area (Å²) in [5.74, 6) is -0.189. The molecule has 0 spiro atoms. The average molecular weight is 207 g/mol. The number of nitrogens with two attached hydrogens (primary N) is 2. The van der Waals surface area contributed by atoms with E-state index in [0.29, 0.717) is 12.2 Å². The third kappa shape index (κ3) is 3.25. The van der Waals surface area contributed by atoms with Gasteiger partial charge < -0.3 is 16.8 Å². The second-order valence-corrected chi connectivity index (χ2v) is 4.10. The van der Waals surface area contributed by atoms with Crippen LogP contribution in [0, 0.1) is 0 Å². The van der Waals surface area contributed by atoms with E-state index >= 15 is 0 Å². The monoisotopic (exact) mass is 207 g/mol. The summed E-state index contributed by atoms with van der Waals surface area (Å²) < 4.78 is 0. The van der Waals surface area contributed by atoms with E-state index < -0.39 is 5.54 Å². The smallest absolute Gasteiger partial charge is 0.239 e.